The lowest BCUT2D eigenvalue weighted by Gasteiger charge is -2.05. The third-order valence-corrected chi connectivity index (χ3v) is 4.13. The van der Waals surface area contributed by atoms with Gasteiger partial charge in [0.25, 0.3) is 11.5 Å². The highest BCUT2D eigenvalue weighted by atomic mass is 32.1. The monoisotopic (exact) mass is 299 g/mol. The Labute approximate surface area is 124 Å². The number of aromatic amines is 1. The maximum absolute atomic E-state index is 12.3. The molecule has 0 aliphatic heterocycles. The zero-order valence-electron chi connectivity index (χ0n) is 11.3. The second-order valence-electron chi connectivity index (χ2n) is 4.64. The maximum Gasteiger partial charge on any atom is 0.272 e. The zero-order chi connectivity index (χ0) is 14.8. The number of carbonyl (C=O) groups excluding carboxylic acids is 1. The smallest absolute Gasteiger partial charge is 0.272 e. The lowest BCUT2D eigenvalue weighted by molar-refractivity contribution is 0.0947. The summed E-state index contributed by atoms with van der Waals surface area (Å²) >= 11 is 1.64. The Morgan fingerprint density at radius 2 is 2.00 bits per heavy atom. The van der Waals surface area contributed by atoms with Crippen molar-refractivity contribution in [2.75, 3.05) is 0 Å². The first kappa shape index (κ1) is 13.5. The fourth-order valence-corrected chi connectivity index (χ4v) is 2.95. The number of rotatable bonds is 3. The van der Waals surface area contributed by atoms with Gasteiger partial charge in [-0.2, -0.15) is 5.10 Å². The second kappa shape index (κ2) is 5.49. The fraction of sp³-hybridized carbons (Fsp3) is 0.133. The van der Waals surface area contributed by atoms with E-state index in [4.69, 9.17) is 0 Å². The molecule has 2 N–H and O–H groups in total. The number of hydrogen-bond acceptors (Lipinski definition) is 4. The van der Waals surface area contributed by atoms with E-state index in [9.17, 15) is 9.59 Å². The van der Waals surface area contributed by atoms with Gasteiger partial charge in [0.15, 0.2) is 5.69 Å². The Morgan fingerprint density at radius 3 is 2.71 bits per heavy atom. The largest absolute Gasteiger partial charge is 0.346 e. The van der Waals surface area contributed by atoms with Crippen molar-refractivity contribution in [1.82, 2.24) is 15.5 Å². The van der Waals surface area contributed by atoms with Crippen LogP contribution in [-0.4, -0.2) is 16.1 Å². The average Bonchev–Trinajstić information content (AvgIpc) is 2.91. The van der Waals surface area contributed by atoms with Gasteiger partial charge in [-0.25, -0.2) is 5.10 Å². The molecule has 0 bridgehead atoms. The van der Waals surface area contributed by atoms with Gasteiger partial charge in [0.05, 0.1) is 11.9 Å². The maximum atomic E-state index is 12.3. The molecule has 0 spiro atoms. The van der Waals surface area contributed by atoms with Crippen molar-refractivity contribution in [2.24, 2.45) is 0 Å². The molecule has 6 heteroatoms. The van der Waals surface area contributed by atoms with Crippen LogP contribution in [0, 0.1) is 6.92 Å². The van der Waals surface area contributed by atoms with Crippen LogP contribution in [0.1, 0.15) is 20.2 Å². The highest BCUT2D eigenvalue weighted by Crippen LogP contribution is 2.15. The summed E-state index contributed by atoms with van der Waals surface area (Å²) in [4.78, 5) is 26.2. The van der Waals surface area contributed by atoms with Crippen molar-refractivity contribution in [2.45, 2.75) is 13.5 Å². The predicted molar refractivity (Wildman–Crippen MR) is 82.6 cm³/mol. The third kappa shape index (κ3) is 2.71. The van der Waals surface area contributed by atoms with Crippen LogP contribution in [0.3, 0.4) is 0 Å². The molecule has 1 amide bonds. The normalized spacial score (nSPS) is 10.7. The van der Waals surface area contributed by atoms with Gasteiger partial charge < -0.3 is 5.32 Å². The number of carbonyl (C=O) groups is 1. The summed E-state index contributed by atoms with van der Waals surface area (Å²) in [6.45, 7) is 2.47. The first-order chi connectivity index (χ1) is 10.1. The molecule has 0 aliphatic carbocycles. The standard InChI is InChI=1S/C15H13N3O2S/c1-9-6-7-10(21-9)8-16-15(20)13-11-4-2-3-5-12(11)14(19)18-17-13/h2-7H,8H2,1H3,(H,16,20)(H,18,19). The van der Waals surface area contributed by atoms with Gasteiger partial charge in [0, 0.05) is 15.1 Å². The van der Waals surface area contributed by atoms with E-state index in [-0.39, 0.29) is 17.2 Å². The molecule has 1 aromatic carbocycles. The molecule has 0 fully saturated rings. The number of aromatic nitrogens is 2. The third-order valence-electron chi connectivity index (χ3n) is 3.13. The van der Waals surface area contributed by atoms with Gasteiger partial charge in [-0.1, -0.05) is 18.2 Å². The van der Waals surface area contributed by atoms with Crippen LogP contribution in [0.5, 0.6) is 0 Å². The van der Waals surface area contributed by atoms with Crippen LogP contribution in [0.4, 0.5) is 0 Å². The number of H-pyrrole nitrogens is 1. The van der Waals surface area contributed by atoms with E-state index < -0.39 is 0 Å². The Balaban J connectivity index is 1.88. The van der Waals surface area contributed by atoms with Gasteiger partial charge in [-0.05, 0) is 25.1 Å². The molecular formula is C15H13N3O2S. The molecular weight excluding hydrogens is 286 g/mol. The van der Waals surface area contributed by atoms with Crippen molar-refractivity contribution in [3.05, 3.63) is 62.2 Å². The summed E-state index contributed by atoms with van der Waals surface area (Å²) in [7, 11) is 0. The minimum Gasteiger partial charge on any atom is -0.346 e. The van der Waals surface area contributed by atoms with Crippen molar-refractivity contribution < 1.29 is 4.79 Å². The Bertz CT molecular complexity index is 866. The molecule has 0 saturated heterocycles. The molecule has 0 unspecified atom stereocenters. The molecule has 3 rings (SSSR count). The van der Waals surface area contributed by atoms with E-state index in [1.807, 2.05) is 19.1 Å². The average molecular weight is 299 g/mol. The summed E-state index contributed by atoms with van der Waals surface area (Å²) in [5.41, 5.74) is -0.0606. The lowest BCUT2D eigenvalue weighted by atomic mass is 10.1. The Hall–Kier alpha value is -2.47. The van der Waals surface area contributed by atoms with Crippen molar-refractivity contribution in [1.29, 1.82) is 0 Å². The quantitative estimate of drug-likeness (QED) is 0.778. The van der Waals surface area contributed by atoms with Crippen molar-refractivity contribution >= 4 is 28.0 Å². The molecule has 0 radical (unpaired) electrons. The molecule has 0 saturated carbocycles. The number of nitrogens with zero attached hydrogens (tertiary/aromatic N) is 1. The van der Waals surface area contributed by atoms with E-state index in [1.165, 1.54) is 4.88 Å². The number of thiophene rings is 1. The molecule has 0 atom stereocenters. The van der Waals surface area contributed by atoms with Crippen LogP contribution in [0.15, 0.2) is 41.2 Å². The Morgan fingerprint density at radius 1 is 1.24 bits per heavy atom. The number of hydrogen-bond donors (Lipinski definition) is 2. The van der Waals surface area contributed by atoms with E-state index in [0.29, 0.717) is 17.3 Å². The molecule has 5 nitrogen and oxygen atoms in total. The number of fused-ring (bicyclic) bond motifs is 1. The topological polar surface area (TPSA) is 74.8 Å². The Kier molecular flexibility index (Phi) is 3.53. The fourth-order valence-electron chi connectivity index (χ4n) is 2.12. The van der Waals surface area contributed by atoms with Gasteiger partial charge in [-0.3, -0.25) is 9.59 Å². The van der Waals surface area contributed by atoms with Crippen molar-refractivity contribution in [3.8, 4) is 0 Å². The van der Waals surface area contributed by atoms with E-state index >= 15 is 0 Å². The predicted octanol–water partition coefficient (Wildman–Crippen LogP) is 2.22. The first-order valence-electron chi connectivity index (χ1n) is 6.46. The molecule has 2 aromatic heterocycles. The zero-order valence-corrected chi connectivity index (χ0v) is 12.2. The van der Waals surface area contributed by atoms with E-state index in [1.54, 1.807) is 35.6 Å². The highest BCUT2D eigenvalue weighted by Gasteiger charge is 2.13. The van der Waals surface area contributed by atoms with Gasteiger partial charge in [-0.15, -0.1) is 11.3 Å². The molecule has 0 aliphatic rings. The van der Waals surface area contributed by atoms with E-state index in [0.717, 1.165) is 4.88 Å². The van der Waals surface area contributed by atoms with Crippen LogP contribution >= 0.6 is 11.3 Å². The number of amides is 1. The minimum absolute atomic E-state index is 0.235. The highest BCUT2D eigenvalue weighted by molar-refractivity contribution is 7.11. The summed E-state index contributed by atoms with van der Waals surface area (Å²) < 4.78 is 0. The SMILES string of the molecule is Cc1ccc(CNC(=O)c2n[nH]c(=O)c3ccccc23)s1. The second-order valence-corrected chi connectivity index (χ2v) is 6.01. The van der Waals surface area contributed by atoms with Gasteiger partial charge in [0.1, 0.15) is 0 Å². The molecule has 3 aromatic rings. The van der Waals surface area contributed by atoms with Crippen LogP contribution in [-0.2, 0) is 6.54 Å². The summed E-state index contributed by atoms with van der Waals surface area (Å²) in [6.07, 6.45) is 0. The summed E-state index contributed by atoms with van der Waals surface area (Å²) in [6, 6.07) is 10.9. The van der Waals surface area contributed by atoms with Crippen LogP contribution < -0.4 is 10.9 Å². The van der Waals surface area contributed by atoms with Crippen molar-refractivity contribution in [3.63, 3.8) is 0 Å². The van der Waals surface area contributed by atoms with Gasteiger partial charge >= 0.3 is 0 Å². The summed E-state index contributed by atoms with van der Waals surface area (Å²) in [5.74, 6) is -0.298. The number of benzene rings is 1. The van der Waals surface area contributed by atoms with Crippen LogP contribution in [0.25, 0.3) is 10.8 Å². The lowest BCUT2D eigenvalue weighted by Crippen LogP contribution is -2.25. The minimum atomic E-state index is -0.298. The van der Waals surface area contributed by atoms with Gasteiger partial charge in [0.2, 0.25) is 0 Å². The van der Waals surface area contributed by atoms with E-state index in [2.05, 4.69) is 15.5 Å². The molecule has 2 heterocycles. The molecule has 21 heavy (non-hydrogen) atoms. The molecule has 106 valence electrons. The number of nitrogens with one attached hydrogen (secondary N) is 2. The first-order valence-corrected chi connectivity index (χ1v) is 7.28. The number of aryl methyl sites for hydroxylation is 1. The van der Waals surface area contributed by atoms with Crippen LogP contribution in [0.2, 0.25) is 0 Å². The summed E-state index contributed by atoms with van der Waals surface area (Å²) in [5, 5.41) is 10.1.